The van der Waals surface area contributed by atoms with E-state index >= 15 is 0 Å². The maximum absolute atomic E-state index is 11.3. The van der Waals surface area contributed by atoms with E-state index in [1.165, 1.54) is 283 Å². The summed E-state index contributed by atoms with van der Waals surface area (Å²) in [5, 5.41) is 0. The van der Waals surface area contributed by atoms with Crippen molar-refractivity contribution in [3.63, 3.8) is 0 Å². The second-order valence-electron chi connectivity index (χ2n) is 25.0. The average molecular weight is 1670 g/mol. The van der Waals surface area contributed by atoms with E-state index in [1.54, 1.807) is 0 Å². The standard InChI is InChI=1S/4C20H38O2S.2CH4.H2S.2Sn/c4*1-2-3-4-5-6-7-8-9-10-11-12-13-14-15-16-17-20(21)22-18-19-23;;;;;/h4*8-9,23H,2-7,10-19H2,1H3;2*1H4;1H2;;/q;;;;;;;2*+2/p-4/b4*9-8+;;;;;. The second-order valence-corrected chi connectivity index (χ2v) is 26.7. The van der Waals surface area contributed by atoms with Gasteiger partial charge < -0.3 is 69.5 Å². The van der Waals surface area contributed by atoms with Crippen LogP contribution in [-0.2, 0) is 88.6 Å². The molecule has 4 radical (unpaired) electrons. The first kappa shape index (κ1) is 116. The first-order valence-corrected chi connectivity index (χ1v) is 41.1. The Balaban J connectivity index is -0.000000149. The second kappa shape index (κ2) is 112. The molecule has 0 aliphatic rings. The minimum atomic E-state index is -0.0883. The molecular weight excluding hydrogens is 1510 g/mol. The van der Waals surface area contributed by atoms with E-state index in [2.05, 4.69) is 76.3 Å². The van der Waals surface area contributed by atoms with Crippen molar-refractivity contribution >= 4 is 136 Å². The maximum Gasteiger partial charge on any atom is 2.00 e. The Bertz CT molecular complexity index is 1350. The molecule has 0 bridgehead atoms. The Labute approximate surface area is 668 Å². The number of carbonyl (C=O) groups excluding carboxylic acids is 4. The van der Waals surface area contributed by atoms with Crippen LogP contribution in [0.2, 0.25) is 0 Å². The van der Waals surface area contributed by atoms with Crippen molar-refractivity contribution in [3.8, 4) is 0 Å². The van der Waals surface area contributed by atoms with Crippen LogP contribution in [0.4, 0.5) is 0 Å². The Morgan fingerprint density at radius 1 is 0.227 bits per heavy atom. The van der Waals surface area contributed by atoms with Gasteiger partial charge in [-0.2, -0.15) is 13.5 Å². The van der Waals surface area contributed by atoms with Crippen molar-refractivity contribution in [2.45, 2.75) is 402 Å². The molecule has 15 heteroatoms. The number of rotatable bonds is 68. The van der Waals surface area contributed by atoms with Gasteiger partial charge in [0, 0.05) is 25.7 Å². The van der Waals surface area contributed by atoms with Crippen LogP contribution in [0.1, 0.15) is 402 Å². The summed E-state index contributed by atoms with van der Waals surface area (Å²) < 4.78 is 19.8. The molecule has 572 valence electrons. The number of unbranched alkanes of at least 4 members (excludes halogenated alkanes) is 44. The molecule has 0 unspecified atom stereocenters. The molecule has 0 aliphatic carbocycles. The molecule has 0 atom stereocenters. The van der Waals surface area contributed by atoms with Gasteiger partial charge in [-0.25, -0.2) is 0 Å². The number of hydrogen-bond donors (Lipinski definition) is 0. The molecule has 0 saturated carbocycles. The minimum Gasteiger partial charge on any atom is -0.789 e. The third-order valence-electron chi connectivity index (χ3n) is 16.0. The fraction of sp³-hybridized carbons (Fsp3) is 0.854. The van der Waals surface area contributed by atoms with Gasteiger partial charge in [-0.3, -0.25) is 19.2 Å². The van der Waals surface area contributed by atoms with E-state index < -0.39 is 0 Å². The van der Waals surface area contributed by atoms with Crippen molar-refractivity contribution in [1.82, 2.24) is 0 Å². The Morgan fingerprint density at radius 3 is 0.485 bits per heavy atom. The fourth-order valence-electron chi connectivity index (χ4n) is 10.3. The van der Waals surface area contributed by atoms with E-state index in [4.69, 9.17) is 69.5 Å². The van der Waals surface area contributed by atoms with Gasteiger partial charge in [-0.15, -0.1) is 23.0 Å². The summed E-state index contributed by atoms with van der Waals surface area (Å²) in [6, 6.07) is 0. The molecule has 97 heavy (non-hydrogen) atoms. The van der Waals surface area contributed by atoms with Gasteiger partial charge in [0.25, 0.3) is 0 Å². The molecule has 8 nitrogen and oxygen atoms in total. The summed E-state index contributed by atoms with van der Waals surface area (Å²) in [7, 11) is 0. The van der Waals surface area contributed by atoms with Crippen LogP contribution in [0.3, 0.4) is 0 Å². The number of esters is 4. The quantitative estimate of drug-likeness (QED) is 0.0145. The zero-order chi connectivity index (χ0) is 68.0. The van der Waals surface area contributed by atoms with Crippen molar-refractivity contribution in [1.29, 1.82) is 0 Å². The van der Waals surface area contributed by atoms with Crippen LogP contribution in [0.25, 0.3) is 0 Å². The normalized spacial score (nSPS) is 10.6. The Morgan fingerprint density at radius 2 is 0.351 bits per heavy atom. The molecular formula is C82H158O8S5Sn2. The van der Waals surface area contributed by atoms with Gasteiger partial charge in [0.15, 0.2) is 0 Å². The monoisotopic (exact) mass is 1670 g/mol. The van der Waals surface area contributed by atoms with Gasteiger partial charge in [0.2, 0.25) is 0 Å². The summed E-state index contributed by atoms with van der Waals surface area (Å²) in [5.41, 5.74) is 0. The smallest absolute Gasteiger partial charge is 0.789 e. The predicted molar refractivity (Wildman–Crippen MR) is 446 cm³/mol. The first-order chi connectivity index (χ1) is 45.2. The number of ether oxygens (including phenoxy) is 4. The third-order valence-corrected chi connectivity index (χ3v) is 16.6. The summed E-state index contributed by atoms with van der Waals surface area (Å²) >= 11 is 19.0. The largest absolute Gasteiger partial charge is 2.00 e. The maximum atomic E-state index is 11.3. The van der Waals surface area contributed by atoms with E-state index in [1.807, 2.05) is 0 Å². The SMILES string of the molecule is C.C.CCCCCCC/C=C/CCCCCCCCC(=O)OCC[S-].CCCCCCC/C=C/CCCCCCCCC(=O)OCC[S-].CCCCCCC/C=C/CCCCCCCCC(=O)OCC[S-].CCCCCCC/C=C/CCCCCCCCC(=O)OCC[S-].S.[Sn+2].[Sn+2]. The fourth-order valence-corrected chi connectivity index (χ4v) is 10.6. The van der Waals surface area contributed by atoms with E-state index in [0.29, 0.717) is 75.1 Å². The molecule has 0 rings (SSSR count). The van der Waals surface area contributed by atoms with Crippen LogP contribution in [0, 0.1) is 0 Å². The summed E-state index contributed by atoms with van der Waals surface area (Å²) in [6.45, 7) is 10.6. The van der Waals surface area contributed by atoms with E-state index in [-0.39, 0.29) is 100 Å². The number of carbonyl (C=O) groups is 4. The third kappa shape index (κ3) is 120. The first-order valence-electron chi connectivity index (χ1n) is 38.8. The average Bonchev–Trinajstić information content (AvgIpc) is 3.68. The van der Waals surface area contributed by atoms with Crippen LogP contribution in [0.5, 0.6) is 0 Å². The van der Waals surface area contributed by atoms with Crippen molar-refractivity contribution < 1.29 is 38.1 Å². The zero-order valence-electron chi connectivity index (χ0n) is 62.3. The molecule has 0 aromatic carbocycles. The predicted octanol–water partition coefficient (Wildman–Crippen LogP) is 25.1. The van der Waals surface area contributed by atoms with Gasteiger partial charge in [0.05, 0.1) is 26.4 Å². The summed E-state index contributed by atoms with van der Waals surface area (Å²) in [6.07, 6.45) is 87.3. The molecule has 0 aliphatic heterocycles. The van der Waals surface area contributed by atoms with E-state index in [9.17, 15) is 19.2 Å². The summed E-state index contributed by atoms with van der Waals surface area (Å²) in [5.74, 6) is 1.64. The minimum absolute atomic E-state index is 0. The molecule has 0 aromatic heterocycles. The summed E-state index contributed by atoms with van der Waals surface area (Å²) in [4.78, 5) is 45.0. The van der Waals surface area contributed by atoms with Gasteiger partial charge >= 0.3 is 71.7 Å². The zero-order valence-corrected chi connectivity index (χ0v) is 72.2. The molecule has 0 heterocycles. The topological polar surface area (TPSA) is 105 Å². The Hall–Kier alpha value is 0.187. The van der Waals surface area contributed by atoms with Crippen LogP contribution >= 0.6 is 13.5 Å². The van der Waals surface area contributed by atoms with Crippen molar-refractivity contribution in [2.24, 2.45) is 0 Å². The van der Waals surface area contributed by atoms with Gasteiger partial charge in [-0.05, 0) is 128 Å². The molecule has 0 fully saturated rings. The Kier molecular flexibility index (Phi) is 134. The molecule has 0 spiro atoms. The number of allylic oxidation sites excluding steroid dienone is 8. The van der Waals surface area contributed by atoms with Crippen molar-refractivity contribution in [3.05, 3.63) is 48.6 Å². The molecule has 0 N–H and O–H groups in total. The van der Waals surface area contributed by atoms with Crippen LogP contribution in [0.15, 0.2) is 48.6 Å². The number of hydrogen-bond acceptors (Lipinski definition) is 12. The molecule has 0 aromatic rings. The molecule has 0 saturated heterocycles. The van der Waals surface area contributed by atoms with Crippen LogP contribution < -0.4 is 0 Å². The molecule has 0 amide bonds. The van der Waals surface area contributed by atoms with Crippen molar-refractivity contribution in [2.75, 3.05) is 49.4 Å². The van der Waals surface area contributed by atoms with E-state index in [0.717, 1.165) is 51.4 Å². The van der Waals surface area contributed by atoms with Gasteiger partial charge in [-0.1, -0.05) is 297 Å². The van der Waals surface area contributed by atoms with Crippen LogP contribution in [-0.4, -0.2) is 121 Å². The van der Waals surface area contributed by atoms with Gasteiger partial charge in [0.1, 0.15) is 0 Å².